The van der Waals surface area contributed by atoms with E-state index in [0.717, 1.165) is 17.7 Å². The van der Waals surface area contributed by atoms with Crippen molar-refractivity contribution in [3.63, 3.8) is 0 Å². The van der Waals surface area contributed by atoms with Crippen LogP contribution in [0.3, 0.4) is 0 Å². The van der Waals surface area contributed by atoms with E-state index in [1.54, 1.807) is 35.2 Å². The van der Waals surface area contributed by atoms with E-state index in [1.165, 1.54) is 16.1 Å². The van der Waals surface area contributed by atoms with Gasteiger partial charge in [0.1, 0.15) is 6.04 Å². The molecule has 4 rings (SSSR count). The number of amides is 1. The molecule has 0 saturated carbocycles. The van der Waals surface area contributed by atoms with Crippen LogP contribution in [0.5, 0.6) is 0 Å². The number of carbonyl (C=O) groups excluding carboxylic acids is 1. The Hall–Kier alpha value is -1.83. The SMILES string of the molecule is O=C([C@@H]1CSCN1S(=O)(=O)c1ccccc1)N1CCc2ccccc21. The summed E-state index contributed by atoms with van der Waals surface area (Å²) in [6.45, 7) is 0.610. The molecule has 2 aliphatic heterocycles. The molecule has 5 nitrogen and oxygen atoms in total. The molecular weight excluding hydrogens is 356 g/mol. The monoisotopic (exact) mass is 374 g/mol. The molecule has 1 fully saturated rings. The van der Waals surface area contributed by atoms with E-state index in [9.17, 15) is 13.2 Å². The van der Waals surface area contributed by atoms with Crippen molar-refractivity contribution in [2.24, 2.45) is 0 Å². The summed E-state index contributed by atoms with van der Waals surface area (Å²) < 4.78 is 27.2. The summed E-state index contributed by atoms with van der Waals surface area (Å²) in [6, 6.07) is 15.5. The minimum absolute atomic E-state index is 0.130. The largest absolute Gasteiger partial charge is 0.310 e. The predicted octanol–water partition coefficient (Wildman–Crippen LogP) is 2.34. The first-order valence-electron chi connectivity index (χ1n) is 8.13. The second-order valence-corrected chi connectivity index (χ2v) is 8.98. The van der Waals surface area contributed by atoms with Crippen LogP contribution in [-0.4, -0.2) is 42.8 Å². The van der Waals surface area contributed by atoms with Crippen molar-refractivity contribution >= 4 is 33.4 Å². The molecule has 1 amide bonds. The Balaban J connectivity index is 1.63. The molecular formula is C18H18N2O3S2. The lowest BCUT2D eigenvalue weighted by Gasteiger charge is -2.27. The van der Waals surface area contributed by atoms with Gasteiger partial charge in [0.05, 0.1) is 10.8 Å². The fourth-order valence-electron chi connectivity index (χ4n) is 3.33. The minimum Gasteiger partial charge on any atom is -0.310 e. The number of benzene rings is 2. The summed E-state index contributed by atoms with van der Waals surface area (Å²) in [5, 5.41) is 0. The molecule has 0 unspecified atom stereocenters. The molecule has 0 radical (unpaired) electrons. The molecule has 2 aromatic carbocycles. The number of sulfonamides is 1. The number of fused-ring (bicyclic) bond motifs is 1. The van der Waals surface area contributed by atoms with Gasteiger partial charge in [-0.2, -0.15) is 4.31 Å². The van der Waals surface area contributed by atoms with Gasteiger partial charge in [-0.25, -0.2) is 8.42 Å². The lowest BCUT2D eigenvalue weighted by atomic mass is 10.2. The molecule has 2 heterocycles. The Kier molecular flexibility index (Phi) is 4.31. The lowest BCUT2D eigenvalue weighted by molar-refractivity contribution is -0.121. The van der Waals surface area contributed by atoms with Crippen LogP contribution in [0.25, 0.3) is 0 Å². The summed E-state index contributed by atoms with van der Waals surface area (Å²) in [5.41, 5.74) is 2.04. The summed E-state index contributed by atoms with van der Waals surface area (Å²) in [7, 11) is -3.67. The van der Waals surface area contributed by atoms with Gasteiger partial charge in [0.25, 0.3) is 0 Å². The highest BCUT2D eigenvalue weighted by Gasteiger charge is 2.42. The highest BCUT2D eigenvalue weighted by molar-refractivity contribution is 8.00. The molecule has 1 saturated heterocycles. The number of anilines is 1. The van der Waals surface area contributed by atoms with E-state index < -0.39 is 16.1 Å². The summed E-state index contributed by atoms with van der Waals surface area (Å²) in [4.78, 5) is 15.1. The Labute approximate surface area is 151 Å². The van der Waals surface area contributed by atoms with Crippen LogP contribution in [0.2, 0.25) is 0 Å². The van der Waals surface area contributed by atoms with Crippen molar-refractivity contribution in [2.45, 2.75) is 17.4 Å². The fraction of sp³-hybridized carbons (Fsp3) is 0.278. The average Bonchev–Trinajstić information content (AvgIpc) is 3.29. The first-order chi connectivity index (χ1) is 12.1. The smallest absolute Gasteiger partial charge is 0.246 e. The Morgan fingerprint density at radius 1 is 1.04 bits per heavy atom. The van der Waals surface area contributed by atoms with Gasteiger partial charge in [0.2, 0.25) is 15.9 Å². The van der Waals surface area contributed by atoms with E-state index in [2.05, 4.69) is 0 Å². The zero-order valence-electron chi connectivity index (χ0n) is 13.5. The van der Waals surface area contributed by atoms with Crippen molar-refractivity contribution in [3.8, 4) is 0 Å². The van der Waals surface area contributed by atoms with Crippen LogP contribution in [0.15, 0.2) is 59.5 Å². The van der Waals surface area contributed by atoms with Crippen molar-refractivity contribution in [2.75, 3.05) is 23.1 Å². The molecule has 7 heteroatoms. The number of nitrogens with zero attached hydrogens (tertiary/aromatic N) is 2. The highest BCUT2D eigenvalue weighted by Crippen LogP contribution is 2.33. The molecule has 0 aliphatic carbocycles. The number of carbonyl (C=O) groups is 1. The normalized spacial score (nSPS) is 20.6. The third kappa shape index (κ3) is 2.86. The van der Waals surface area contributed by atoms with E-state index in [1.807, 2.05) is 24.3 Å². The van der Waals surface area contributed by atoms with E-state index in [-0.39, 0.29) is 10.8 Å². The van der Waals surface area contributed by atoms with Crippen molar-refractivity contribution in [1.82, 2.24) is 4.31 Å². The van der Waals surface area contributed by atoms with Crippen LogP contribution in [0, 0.1) is 0 Å². The summed E-state index contributed by atoms with van der Waals surface area (Å²) >= 11 is 1.48. The van der Waals surface area contributed by atoms with Crippen LogP contribution < -0.4 is 4.90 Å². The van der Waals surface area contributed by atoms with E-state index >= 15 is 0 Å². The number of hydrogen-bond donors (Lipinski definition) is 0. The quantitative estimate of drug-likeness (QED) is 0.827. The van der Waals surface area contributed by atoms with Crippen LogP contribution >= 0.6 is 11.8 Å². The molecule has 0 aromatic heterocycles. The number of rotatable bonds is 3. The Morgan fingerprint density at radius 2 is 1.76 bits per heavy atom. The van der Waals surface area contributed by atoms with Gasteiger partial charge in [0.15, 0.2) is 0 Å². The van der Waals surface area contributed by atoms with Gasteiger partial charge in [-0.05, 0) is 30.2 Å². The van der Waals surface area contributed by atoms with Crippen LogP contribution in [0.4, 0.5) is 5.69 Å². The Morgan fingerprint density at radius 3 is 2.56 bits per heavy atom. The number of para-hydroxylation sites is 1. The summed E-state index contributed by atoms with van der Waals surface area (Å²) in [5.74, 6) is 0.668. The third-order valence-corrected chi connectivity index (χ3v) is 7.67. The van der Waals surface area contributed by atoms with Crippen molar-refractivity contribution in [1.29, 1.82) is 0 Å². The van der Waals surface area contributed by atoms with Gasteiger partial charge in [-0.15, -0.1) is 11.8 Å². The van der Waals surface area contributed by atoms with Gasteiger partial charge >= 0.3 is 0 Å². The molecule has 0 N–H and O–H groups in total. The molecule has 2 aromatic rings. The predicted molar refractivity (Wildman–Crippen MR) is 99.1 cm³/mol. The topological polar surface area (TPSA) is 57.7 Å². The molecule has 25 heavy (non-hydrogen) atoms. The molecule has 1 atom stereocenters. The first kappa shape index (κ1) is 16.6. The zero-order chi connectivity index (χ0) is 17.4. The van der Waals surface area contributed by atoms with Crippen molar-refractivity contribution < 1.29 is 13.2 Å². The van der Waals surface area contributed by atoms with E-state index in [4.69, 9.17) is 0 Å². The van der Waals surface area contributed by atoms with Crippen LogP contribution in [-0.2, 0) is 21.2 Å². The van der Waals surface area contributed by atoms with E-state index in [0.29, 0.717) is 18.2 Å². The molecule has 0 bridgehead atoms. The lowest BCUT2D eigenvalue weighted by Crippen LogP contribution is -2.48. The fourth-order valence-corrected chi connectivity index (χ4v) is 6.49. The second kappa shape index (κ2) is 6.48. The second-order valence-electron chi connectivity index (χ2n) is 6.09. The zero-order valence-corrected chi connectivity index (χ0v) is 15.2. The average molecular weight is 374 g/mol. The standard InChI is InChI=1S/C18H18N2O3S2/c21-18(19-11-10-14-6-4-5-9-16(14)19)17-12-24-13-20(17)25(22,23)15-7-2-1-3-8-15/h1-9,17H,10-13H2/t17-/m0/s1. The first-order valence-corrected chi connectivity index (χ1v) is 10.7. The summed E-state index contributed by atoms with van der Waals surface area (Å²) in [6.07, 6.45) is 0.813. The maximum atomic E-state index is 13.1. The molecule has 130 valence electrons. The van der Waals surface area contributed by atoms with Crippen LogP contribution in [0.1, 0.15) is 5.56 Å². The molecule has 2 aliphatic rings. The van der Waals surface area contributed by atoms with Crippen molar-refractivity contribution in [3.05, 3.63) is 60.2 Å². The highest BCUT2D eigenvalue weighted by atomic mass is 32.2. The maximum absolute atomic E-state index is 13.1. The van der Waals surface area contributed by atoms with Gasteiger partial charge in [-0.3, -0.25) is 4.79 Å². The number of thioether (sulfide) groups is 1. The Bertz CT molecular complexity index is 900. The molecule has 0 spiro atoms. The third-order valence-electron chi connectivity index (χ3n) is 4.63. The number of hydrogen-bond acceptors (Lipinski definition) is 4. The minimum atomic E-state index is -3.67. The van der Waals surface area contributed by atoms with Gasteiger partial charge in [-0.1, -0.05) is 36.4 Å². The maximum Gasteiger partial charge on any atom is 0.246 e. The van der Waals surface area contributed by atoms with Gasteiger partial charge < -0.3 is 4.90 Å². The van der Waals surface area contributed by atoms with Gasteiger partial charge in [0, 0.05) is 18.0 Å².